The summed E-state index contributed by atoms with van der Waals surface area (Å²) in [7, 11) is -4.15. The molecule has 0 saturated heterocycles. The van der Waals surface area contributed by atoms with Crippen molar-refractivity contribution in [3.63, 3.8) is 0 Å². The fourth-order valence-corrected chi connectivity index (χ4v) is 6.00. The lowest BCUT2D eigenvalue weighted by Gasteiger charge is -2.23. The van der Waals surface area contributed by atoms with Gasteiger partial charge in [-0.05, 0) is 54.4 Å². The van der Waals surface area contributed by atoms with Crippen LogP contribution in [0.5, 0.6) is 0 Å². The van der Waals surface area contributed by atoms with E-state index in [0.717, 1.165) is 10.6 Å². The van der Waals surface area contributed by atoms with Gasteiger partial charge in [0.2, 0.25) is 15.7 Å². The predicted octanol–water partition coefficient (Wildman–Crippen LogP) is 3.44. The van der Waals surface area contributed by atoms with Gasteiger partial charge in [0.25, 0.3) is 5.91 Å². The van der Waals surface area contributed by atoms with Crippen molar-refractivity contribution in [1.29, 1.82) is 0 Å². The van der Waals surface area contributed by atoms with Crippen molar-refractivity contribution in [2.24, 2.45) is 0 Å². The van der Waals surface area contributed by atoms with Gasteiger partial charge < -0.3 is 9.73 Å². The van der Waals surface area contributed by atoms with Crippen molar-refractivity contribution in [3.8, 4) is 11.3 Å². The maximum Gasteiger partial charge on any atom is 0.255 e. The Labute approximate surface area is 233 Å². The SMILES string of the molecule is CCc1cc2c(C(=O)NC)c(-c3ccc(F)cc3)oc2nc1N(CCNS(=O)c1ccccc1NO)S(C)(=O)=O. The number of halogens is 1. The average molecular weight is 590 g/mol. The molecule has 4 N–H and O–H groups in total. The summed E-state index contributed by atoms with van der Waals surface area (Å²) in [6.45, 7) is 1.67. The summed E-state index contributed by atoms with van der Waals surface area (Å²) < 4.78 is 61.9. The molecule has 0 radical (unpaired) electrons. The minimum Gasteiger partial charge on any atom is -0.437 e. The highest BCUT2D eigenvalue weighted by molar-refractivity contribution is 7.92. The van der Waals surface area contributed by atoms with Crippen LogP contribution in [0.25, 0.3) is 22.4 Å². The van der Waals surface area contributed by atoms with Gasteiger partial charge in [-0.15, -0.1) is 0 Å². The van der Waals surface area contributed by atoms with Gasteiger partial charge in [-0.2, -0.15) is 4.98 Å². The predicted molar refractivity (Wildman–Crippen MR) is 151 cm³/mol. The van der Waals surface area contributed by atoms with Crippen molar-refractivity contribution in [2.75, 3.05) is 36.2 Å². The standard InChI is InChI=1S/C26H28FN5O6S2/c1-4-16-15-19-22(25(33)28-2)23(17-9-11-18(27)12-10-17)38-26(19)30-24(16)32(40(3,36)37)14-13-29-39(35)21-8-6-5-7-20(21)31-34/h5-12,15,29,31,34H,4,13-14H2,1-3H3,(H,28,33). The van der Waals surface area contributed by atoms with Crippen LogP contribution in [-0.4, -0.2) is 55.1 Å². The van der Waals surface area contributed by atoms with E-state index < -0.39 is 32.7 Å². The summed E-state index contributed by atoms with van der Waals surface area (Å²) in [4.78, 5) is 17.7. The highest BCUT2D eigenvalue weighted by Crippen LogP contribution is 2.36. The van der Waals surface area contributed by atoms with Crippen LogP contribution in [0.2, 0.25) is 0 Å². The van der Waals surface area contributed by atoms with Gasteiger partial charge in [-0.3, -0.25) is 19.8 Å². The molecule has 4 aromatic rings. The van der Waals surface area contributed by atoms with Crippen LogP contribution < -0.4 is 19.8 Å². The third-order valence-corrected chi connectivity index (χ3v) is 8.45. The maximum absolute atomic E-state index is 13.5. The third-order valence-electron chi connectivity index (χ3n) is 6.07. The van der Waals surface area contributed by atoms with E-state index in [1.807, 2.05) is 12.4 Å². The highest BCUT2D eigenvalue weighted by Gasteiger charge is 2.27. The summed E-state index contributed by atoms with van der Waals surface area (Å²) in [6, 6.07) is 13.5. The fourth-order valence-electron chi connectivity index (χ4n) is 4.15. The van der Waals surface area contributed by atoms with Crippen molar-refractivity contribution in [3.05, 3.63) is 71.5 Å². The Bertz CT molecular complexity index is 1680. The lowest BCUT2D eigenvalue weighted by Crippen LogP contribution is -2.38. The van der Waals surface area contributed by atoms with Crippen LogP contribution >= 0.6 is 0 Å². The number of fused-ring (bicyclic) bond motifs is 1. The first-order valence-electron chi connectivity index (χ1n) is 12.2. The Morgan fingerprint density at radius 3 is 2.50 bits per heavy atom. The van der Waals surface area contributed by atoms with Crippen molar-refractivity contribution >= 4 is 49.5 Å². The highest BCUT2D eigenvalue weighted by atomic mass is 32.2. The monoisotopic (exact) mass is 589 g/mol. The molecule has 0 aliphatic carbocycles. The Balaban J connectivity index is 1.73. The summed E-state index contributed by atoms with van der Waals surface area (Å²) in [5.74, 6) is -0.631. The van der Waals surface area contributed by atoms with E-state index in [4.69, 9.17) is 4.42 Å². The smallest absolute Gasteiger partial charge is 0.255 e. The summed E-state index contributed by atoms with van der Waals surface area (Å²) in [5.41, 5.74) is 3.43. The Kier molecular flexibility index (Phi) is 8.83. The quantitative estimate of drug-likeness (QED) is 0.194. The first kappa shape index (κ1) is 29.1. The average Bonchev–Trinajstić information content (AvgIpc) is 3.32. The molecule has 1 unspecified atom stereocenters. The molecule has 1 atom stereocenters. The molecule has 11 nitrogen and oxygen atoms in total. The van der Waals surface area contributed by atoms with E-state index in [-0.39, 0.29) is 46.5 Å². The number of para-hydroxylation sites is 1. The number of hydrogen-bond acceptors (Lipinski definition) is 8. The number of nitrogens with zero attached hydrogens (tertiary/aromatic N) is 2. The van der Waals surface area contributed by atoms with E-state index in [1.54, 1.807) is 30.3 Å². The molecule has 0 saturated carbocycles. The normalized spacial score (nSPS) is 12.3. The van der Waals surface area contributed by atoms with Crippen LogP contribution in [0.4, 0.5) is 15.9 Å². The number of aryl methyl sites for hydroxylation is 1. The molecule has 2 aromatic carbocycles. The number of amides is 1. The number of anilines is 2. The molecule has 0 aliphatic heterocycles. The van der Waals surface area contributed by atoms with Crippen LogP contribution in [0.15, 0.2) is 63.9 Å². The zero-order valence-electron chi connectivity index (χ0n) is 21.9. The Morgan fingerprint density at radius 2 is 1.88 bits per heavy atom. The van der Waals surface area contributed by atoms with Gasteiger partial charge in [0.15, 0.2) is 0 Å². The number of nitrogens with one attached hydrogen (secondary N) is 3. The van der Waals surface area contributed by atoms with Gasteiger partial charge >= 0.3 is 0 Å². The molecule has 1 amide bonds. The third kappa shape index (κ3) is 5.99. The number of aromatic nitrogens is 1. The minimum atomic E-state index is -3.86. The number of sulfonamides is 1. The zero-order valence-corrected chi connectivity index (χ0v) is 23.5. The number of furan rings is 1. The molecule has 0 bridgehead atoms. The lowest BCUT2D eigenvalue weighted by molar-refractivity contribution is 0.0964. The Morgan fingerprint density at radius 1 is 1.18 bits per heavy atom. The molecule has 0 aliphatic rings. The second kappa shape index (κ2) is 12.1. The molecular formula is C26H28FN5O6S2. The number of rotatable bonds is 11. The first-order valence-corrected chi connectivity index (χ1v) is 15.1. The number of carbonyl (C=O) groups is 1. The molecule has 40 heavy (non-hydrogen) atoms. The zero-order chi connectivity index (χ0) is 29.0. The second-order valence-electron chi connectivity index (χ2n) is 8.68. The topological polar surface area (TPSA) is 154 Å². The number of hydrogen-bond donors (Lipinski definition) is 4. The second-order valence-corrected chi connectivity index (χ2v) is 11.8. The molecule has 4 rings (SSSR count). The van der Waals surface area contributed by atoms with Crippen LogP contribution in [0, 0.1) is 5.82 Å². The largest absolute Gasteiger partial charge is 0.437 e. The molecule has 0 spiro atoms. The van der Waals surface area contributed by atoms with Crippen molar-refractivity contribution in [2.45, 2.75) is 18.2 Å². The van der Waals surface area contributed by atoms with Crippen LogP contribution in [0.1, 0.15) is 22.8 Å². The lowest BCUT2D eigenvalue weighted by atomic mass is 10.0. The summed E-state index contributed by atoms with van der Waals surface area (Å²) >= 11 is 0. The van der Waals surface area contributed by atoms with Crippen LogP contribution in [0.3, 0.4) is 0 Å². The summed E-state index contributed by atoms with van der Waals surface area (Å²) in [6.07, 6.45) is 1.41. The van der Waals surface area contributed by atoms with Crippen molar-refractivity contribution in [1.82, 2.24) is 15.0 Å². The summed E-state index contributed by atoms with van der Waals surface area (Å²) in [5, 5.41) is 12.2. The van der Waals surface area contributed by atoms with Gasteiger partial charge in [-0.25, -0.2) is 21.7 Å². The van der Waals surface area contributed by atoms with E-state index in [2.05, 4.69) is 15.0 Å². The van der Waals surface area contributed by atoms with Gasteiger partial charge in [0, 0.05) is 25.7 Å². The van der Waals surface area contributed by atoms with E-state index >= 15 is 0 Å². The van der Waals surface area contributed by atoms with E-state index in [9.17, 15) is 27.0 Å². The minimum absolute atomic E-state index is 0.0230. The van der Waals surface area contributed by atoms with E-state index in [0.29, 0.717) is 22.9 Å². The molecule has 14 heteroatoms. The first-order chi connectivity index (χ1) is 19.1. The van der Waals surface area contributed by atoms with Gasteiger partial charge in [0.1, 0.15) is 28.4 Å². The number of carbonyl (C=O) groups excluding carboxylic acids is 1. The van der Waals surface area contributed by atoms with Gasteiger partial charge in [0.05, 0.1) is 27.8 Å². The molecule has 212 valence electrons. The number of pyridine rings is 1. The fraction of sp³-hybridized carbons (Fsp3) is 0.231. The van der Waals surface area contributed by atoms with Gasteiger partial charge in [-0.1, -0.05) is 19.1 Å². The number of benzene rings is 2. The molecular weight excluding hydrogens is 561 g/mol. The van der Waals surface area contributed by atoms with Crippen LogP contribution in [-0.2, 0) is 27.4 Å². The van der Waals surface area contributed by atoms with E-state index in [1.165, 1.54) is 31.3 Å². The Hall–Kier alpha value is -3.85. The maximum atomic E-state index is 13.5. The molecule has 2 heterocycles. The molecule has 0 fully saturated rings. The van der Waals surface area contributed by atoms with Crippen molar-refractivity contribution < 1.29 is 31.4 Å². The molecule has 2 aromatic heterocycles.